The van der Waals surface area contributed by atoms with E-state index in [4.69, 9.17) is 9.53 Å². The number of nitrogens with zero attached hydrogens (tertiary/aromatic N) is 2. The van der Waals surface area contributed by atoms with Gasteiger partial charge in [0, 0.05) is 23.9 Å². The van der Waals surface area contributed by atoms with E-state index in [2.05, 4.69) is 15.0 Å². The molecule has 2 N–H and O–H groups in total. The molecule has 0 aliphatic carbocycles. The van der Waals surface area contributed by atoms with E-state index in [0.717, 1.165) is 28.0 Å². The molecule has 1 unspecified atom stereocenters. The highest BCUT2D eigenvalue weighted by atomic mass is 19.3. The van der Waals surface area contributed by atoms with Crippen LogP contribution in [0.15, 0.2) is 36.5 Å². The highest BCUT2D eigenvalue weighted by Gasteiger charge is 2.16. The largest absolute Gasteiger partial charge is 0.493 e. The van der Waals surface area contributed by atoms with Crippen molar-refractivity contribution in [1.29, 1.82) is 0 Å². The zero-order valence-corrected chi connectivity index (χ0v) is 14.4. The number of halogens is 2. The number of rotatable bonds is 5. The van der Waals surface area contributed by atoms with Crippen molar-refractivity contribution in [3.05, 3.63) is 53.6 Å². The van der Waals surface area contributed by atoms with Crippen molar-refractivity contribution < 1.29 is 23.4 Å². The van der Waals surface area contributed by atoms with Crippen molar-refractivity contribution >= 4 is 17.3 Å². The van der Waals surface area contributed by atoms with Crippen molar-refractivity contribution in [3.63, 3.8) is 0 Å². The number of aromatic amines is 1. The SMILES string of the molecule is CCOc1ccnc(CC(O)c2nc3ccccc3[nH]2)c1C.O=C(F)F. The van der Waals surface area contributed by atoms with E-state index in [1.807, 2.05) is 44.2 Å². The van der Waals surface area contributed by atoms with Gasteiger partial charge in [-0.2, -0.15) is 0 Å². The van der Waals surface area contributed by atoms with Gasteiger partial charge in [0.1, 0.15) is 17.7 Å². The number of carbonyl (C=O) groups excluding carboxylic acids is 1. The first kappa shape index (κ1) is 19.5. The number of ether oxygens (including phenoxy) is 1. The Bertz CT molecular complexity index is 846. The quantitative estimate of drug-likeness (QED) is 0.669. The van der Waals surface area contributed by atoms with Crippen LogP contribution in [0.25, 0.3) is 11.0 Å². The molecule has 1 aromatic carbocycles. The van der Waals surface area contributed by atoms with Gasteiger partial charge in [0.15, 0.2) is 0 Å². The summed E-state index contributed by atoms with van der Waals surface area (Å²) in [5.74, 6) is 1.37. The minimum Gasteiger partial charge on any atom is -0.493 e. The van der Waals surface area contributed by atoms with Crippen LogP contribution in [-0.2, 0) is 6.42 Å². The summed E-state index contributed by atoms with van der Waals surface area (Å²) in [5, 5.41) is 10.4. The topological polar surface area (TPSA) is 88.1 Å². The molecule has 1 atom stereocenters. The van der Waals surface area contributed by atoms with Crippen molar-refractivity contribution in [1.82, 2.24) is 15.0 Å². The molecule has 0 amide bonds. The first-order valence-electron chi connectivity index (χ1n) is 7.97. The minimum atomic E-state index is -2.83. The van der Waals surface area contributed by atoms with Crippen molar-refractivity contribution in [2.75, 3.05) is 6.61 Å². The summed E-state index contributed by atoms with van der Waals surface area (Å²) >= 11 is 0. The van der Waals surface area contributed by atoms with Crippen molar-refractivity contribution in [3.8, 4) is 5.75 Å². The number of para-hydroxylation sites is 2. The average Bonchev–Trinajstić information content (AvgIpc) is 3.02. The summed E-state index contributed by atoms with van der Waals surface area (Å²) < 4.78 is 25.0. The van der Waals surface area contributed by atoms with Gasteiger partial charge in [-0.15, -0.1) is 8.78 Å². The van der Waals surface area contributed by atoms with Gasteiger partial charge in [-0.3, -0.25) is 4.98 Å². The second-order valence-corrected chi connectivity index (χ2v) is 5.40. The minimum absolute atomic E-state index is 0.395. The Balaban J connectivity index is 0.000000552. The molecule has 8 heteroatoms. The van der Waals surface area contributed by atoms with Crippen LogP contribution in [0.1, 0.15) is 30.1 Å². The second-order valence-electron chi connectivity index (χ2n) is 5.40. The number of H-pyrrole nitrogens is 1. The predicted octanol–water partition coefficient (Wildman–Crippen LogP) is 3.99. The molecular weight excluding hydrogens is 344 g/mol. The number of hydrogen-bond acceptors (Lipinski definition) is 5. The molecule has 2 aromatic heterocycles. The van der Waals surface area contributed by atoms with Gasteiger partial charge in [-0.05, 0) is 32.0 Å². The van der Waals surface area contributed by atoms with E-state index in [1.54, 1.807) is 6.20 Å². The molecule has 0 spiro atoms. The van der Waals surface area contributed by atoms with Crippen molar-refractivity contribution in [2.24, 2.45) is 0 Å². The summed E-state index contributed by atoms with van der Waals surface area (Å²) in [7, 11) is 0. The number of nitrogens with one attached hydrogen (secondary N) is 1. The summed E-state index contributed by atoms with van der Waals surface area (Å²) in [6.45, 7) is 4.51. The summed E-state index contributed by atoms with van der Waals surface area (Å²) in [6.07, 6.45) is -1.46. The lowest BCUT2D eigenvalue weighted by Gasteiger charge is -2.12. The van der Waals surface area contributed by atoms with Crippen LogP contribution in [0.3, 0.4) is 0 Å². The van der Waals surface area contributed by atoms with Gasteiger partial charge in [-0.25, -0.2) is 9.78 Å². The molecular formula is C18H19F2N3O3. The second kappa shape index (κ2) is 9.00. The third-order valence-electron chi connectivity index (χ3n) is 3.67. The molecule has 0 bridgehead atoms. The molecule has 26 heavy (non-hydrogen) atoms. The number of pyridine rings is 1. The highest BCUT2D eigenvalue weighted by Crippen LogP contribution is 2.24. The molecule has 2 heterocycles. The molecule has 0 fully saturated rings. The van der Waals surface area contributed by atoms with Gasteiger partial charge in [0.25, 0.3) is 0 Å². The van der Waals surface area contributed by atoms with Crippen molar-refractivity contribution in [2.45, 2.75) is 26.4 Å². The first-order valence-corrected chi connectivity index (χ1v) is 7.97. The van der Waals surface area contributed by atoms with E-state index in [1.165, 1.54) is 0 Å². The highest BCUT2D eigenvalue weighted by molar-refractivity contribution is 5.74. The lowest BCUT2D eigenvalue weighted by atomic mass is 10.1. The number of aromatic nitrogens is 3. The van der Waals surface area contributed by atoms with Crippen LogP contribution in [0.4, 0.5) is 13.6 Å². The van der Waals surface area contributed by atoms with Crippen LogP contribution in [0, 0.1) is 6.92 Å². The molecule has 138 valence electrons. The summed E-state index contributed by atoms with van der Waals surface area (Å²) in [5.41, 5.74) is 3.55. The third-order valence-corrected chi connectivity index (χ3v) is 3.67. The molecule has 6 nitrogen and oxygen atoms in total. The number of hydrogen-bond donors (Lipinski definition) is 2. The van der Waals surface area contributed by atoms with Crippen LogP contribution < -0.4 is 4.74 Å². The smallest absolute Gasteiger partial charge is 0.483 e. The fourth-order valence-corrected chi connectivity index (χ4v) is 2.49. The Hall–Kier alpha value is -2.87. The zero-order valence-electron chi connectivity index (χ0n) is 14.4. The Morgan fingerprint density at radius 2 is 2.00 bits per heavy atom. The normalized spacial score (nSPS) is 11.6. The summed E-state index contributed by atoms with van der Waals surface area (Å²) in [4.78, 5) is 20.1. The lowest BCUT2D eigenvalue weighted by Crippen LogP contribution is -2.08. The Morgan fingerprint density at radius 3 is 2.65 bits per heavy atom. The number of fused-ring (bicyclic) bond motifs is 1. The third kappa shape index (κ3) is 5.06. The van der Waals surface area contributed by atoms with Gasteiger partial charge >= 0.3 is 6.29 Å². The number of carbonyl (C=O) groups is 1. The molecule has 3 rings (SSSR count). The molecule has 0 aliphatic heterocycles. The summed E-state index contributed by atoms with van der Waals surface area (Å²) in [6, 6.07) is 9.57. The Morgan fingerprint density at radius 1 is 1.31 bits per heavy atom. The number of imidazole rings is 1. The van der Waals surface area contributed by atoms with Gasteiger partial charge < -0.3 is 14.8 Å². The Labute approximate surface area is 148 Å². The zero-order chi connectivity index (χ0) is 19.1. The first-order chi connectivity index (χ1) is 12.4. The van der Waals surface area contributed by atoms with Crippen LogP contribution in [0.5, 0.6) is 5.75 Å². The fourth-order valence-electron chi connectivity index (χ4n) is 2.49. The fraction of sp³-hybridized carbons (Fsp3) is 0.278. The van der Waals surface area contributed by atoms with E-state index >= 15 is 0 Å². The number of aliphatic hydroxyl groups excluding tert-OH is 1. The predicted molar refractivity (Wildman–Crippen MR) is 92.5 cm³/mol. The maximum Gasteiger partial charge on any atom is 0.483 e. The standard InChI is InChI=1S/C17H19N3O2.CF2O/c1-3-22-16-8-9-18-14(11(16)2)10-15(21)17-19-12-6-4-5-7-13(12)20-17;2-1(3)4/h4-9,15,21H,3,10H2,1-2H3,(H,19,20);. The maximum absolute atomic E-state index is 10.4. The molecule has 3 aromatic rings. The number of aliphatic hydroxyl groups is 1. The lowest BCUT2D eigenvalue weighted by molar-refractivity contribution is 0.168. The monoisotopic (exact) mass is 363 g/mol. The molecule has 0 saturated carbocycles. The van der Waals surface area contributed by atoms with Crippen LogP contribution in [-0.4, -0.2) is 33.0 Å². The van der Waals surface area contributed by atoms with Crippen LogP contribution in [0.2, 0.25) is 0 Å². The van der Waals surface area contributed by atoms with E-state index in [-0.39, 0.29) is 0 Å². The molecule has 0 radical (unpaired) electrons. The Kier molecular flexibility index (Phi) is 6.74. The van der Waals surface area contributed by atoms with Crippen LogP contribution >= 0.6 is 0 Å². The molecule has 0 saturated heterocycles. The average molecular weight is 363 g/mol. The van der Waals surface area contributed by atoms with E-state index in [9.17, 15) is 13.9 Å². The van der Waals surface area contributed by atoms with E-state index in [0.29, 0.717) is 18.9 Å². The molecule has 0 aliphatic rings. The number of benzene rings is 1. The van der Waals surface area contributed by atoms with Gasteiger partial charge in [-0.1, -0.05) is 12.1 Å². The maximum atomic E-state index is 10.4. The van der Waals surface area contributed by atoms with Gasteiger partial charge in [0.2, 0.25) is 0 Å². The van der Waals surface area contributed by atoms with E-state index < -0.39 is 12.4 Å². The van der Waals surface area contributed by atoms with Gasteiger partial charge in [0.05, 0.1) is 17.6 Å².